The van der Waals surface area contributed by atoms with Gasteiger partial charge in [-0.3, -0.25) is 9.59 Å². The molecular formula is C21H25ClFN3O2. The summed E-state index contributed by atoms with van der Waals surface area (Å²) in [5.74, 6) is -0.640. The van der Waals surface area contributed by atoms with Gasteiger partial charge in [0.2, 0.25) is 11.8 Å². The quantitative estimate of drug-likeness (QED) is 0.849. The molecule has 0 radical (unpaired) electrons. The van der Waals surface area contributed by atoms with Gasteiger partial charge in [0.05, 0.1) is 6.42 Å². The Labute approximate surface area is 170 Å². The summed E-state index contributed by atoms with van der Waals surface area (Å²) in [5, 5.41) is 0. The van der Waals surface area contributed by atoms with E-state index in [4.69, 9.17) is 5.73 Å². The highest BCUT2D eigenvalue weighted by molar-refractivity contribution is 5.85. The molecule has 2 N–H and O–H groups in total. The topological polar surface area (TPSA) is 66.6 Å². The third kappa shape index (κ3) is 5.09. The molecule has 0 spiro atoms. The van der Waals surface area contributed by atoms with Crippen LogP contribution in [-0.4, -0.2) is 47.8 Å². The van der Waals surface area contributed by atoms with Gasteiger partial charge in [0.1, 0.15) is 11.9 Å². The number of rotatable bonds is 4. The van der Waals surface area contributed by atoms with E-state index in [9.17, 15) is 14.0 Å². The maximum absolute atomic E-state index is 13.7. The molecular weight excluding hydrogens is 381 g/mol. The van der Waals surface area contributed by atoms with Crippen LogP contribution < -0.4 is 5.73 Å². The van der Waals surface area contributed by atoms with Crippen molar-refractivity contribution >= 4 is 24.2 Å². The van der Waals surface area contributed by atoms with Crippen molar-refractivity contribution in [1.29, 1.82) is 0 Å². The predicted octanol–water partition coefficient (Wildman–Crippen LogP) is 2.47. The average molecular weight is 406 g/mol. The number of piperazine rings is 1. The number of carbonyl (C=O) groups excluding carboxylic acids is 2. The molecule has 1 heterocycles. The lowest BCUT2D eigenvalue weighted by Gasteiger charge is -2.36. The van der Waals surface area contributed by atoms with Crippen molar-refractivity contribution in [1.82, 2.24) is 9.80 Å². The zero-order chi connectivity index (χ0) is 19.4. The fraction of sp³-hybridized carbons (Fsp3) is 0.333. The van der Waals surface area contributed by atoms with Crippen LogP contribution in [0.3, 0.4) is 0 Å². The lowest BCUT2D eigenvalue weighted by atomic mass is 10.0. The minimum absolute atomic E-state index is 0. The number of carbonyl (C=O) groups is 2. The Morgan fingerprint density at radius 1 is 1.00 bits per heavy atom. The van der Waals surface area contributed by atoms with Gasteiger partial charge in [-0.05, 0) is 24.1 Å². The lowest BCUT2D eigenvalue weighted by Crippen LogP contribution is -2.52. The van der Waals surface area contributed by atoms with Gasteiger partial charge in [0.25, 0.3) is 0 Å². The van der Waals surface area contributed by atoms with Crippen molar-refractivity contribution < 1.29 is 14.0 Å². The monoisotopic (exact) mass is 405 g/mol. The summed E-state index contributed by atoms with van der Waals surface area (Å²) in [5.41, 5.74) is 8.40. The Hall–Kier alpha value is -2.44. The van der Waals surface area contributed by atoms with Crippen molar-refractivity contribution in [3.63, 3.8) is 0 Å². The first kappa shape index (κ1) is 21.9. The third-order valence-electron chi connectivity index (χ3n) is 4.95. The first-order valence-electron chi connectivity index (χ1n) is 9.08. The van der Waals surface area contributed by atoms with Gasteiger partial charge in [0, 0.05) is 26.2 Å². The largest absolute Gasteiger partial charge is 0.339 e. The summed E-state index contributed by atoms with van der Waals surface area (Å²) in [6.45, 7) is 3.71. The predicted molar refractivity (Wildman–Crippen MR) is 109 cm³/mol. The van der Waals surface area contributed by atoms with Crippen LogP contribution in [0.4, 0.5) is 4.39 Å². The van der Waals surface area contributed by atoms with Gasteiger partial charge in [-0.25, -0.2) is 4.39 Å². The number of amides is 2. The molecule has 0 aliphatic carbocycles. The van der Waals surface area contributed by atoms with Crippen LogP contribution in [0.2, 0.25) is 0 Å². The second-order valence-corrected chi connectivity index (χ2v) is 6.86. The van der Waals surface area contributed by atoms with Crippen molar-refractivity contribution in [2.45, 2.75) is 19.4 Å². The van der Waals surface area contributed by atoms with E-state index >= 15 is 0 Å². The van der Waals surface area contributed by atoms with Crippen LogP contribution in [0.5, 0.6) is 0 Å². The van der Waals surface area contributed by atoms with E-state index in [1.54, 1.807) is 28.0 Å². The molecule has 0 aromatic heterocycles. The molecule has 2 aromatic rings. The highest BCUT2D eigenvalue weighted by atomic mass is 35.5. The fourth-order valence-electron chi connectivity index (χ4n) is 3.21. The standard InChI is InChI=1S/C21H24FN3O2.ClH/c1-15-6-8-16(9-7-15)20(23)21(27)25-12-10-24(11-13-25)19(26)14-17-4-2-3-5-18(17)22;/h2-9,20H,10-14,23H2,1H3;1H. The van der Waals surface area contributed by atoms with Crippen LogP contribution >= 0.6 is 12.4 Å². The molecule has 1 unspecified atom stereocenters. The Morgan fingerprint density at radius 2 is 1.57 bits per heavy atom. The van der Waals surface area contributed by atoms with E-state index in [0.29, 0.717) is 31.7 Å². The number of nitrogens with zero attached hydrogens (tertiary/aromatic N) is 2. The molecule has 7 heteroatoms. The zero-order valence-corrected chi connectivity index (χ0v) is 16.6. The van der Waals surface area contributed by atoms with Gasteiger partial charge < -0.3 is 15.5 Å². The Morgan fingerprint density at radius 3 is 2.18 bits per heavy atom. The molecule has 0 saturated carbocycles. The highest BCUT2D eigenvalue weighted by Crippen LogP contribution is 2.16. The Kier molecular flexibility index (Phi) is 7.54. The molecule has 28 heavy (non-hydrogen) atoms. The smallest absolute Gasteiger partial charge is 0.244 e. The van der Waals surface area contributed by atoms with Crippen molar-refractivity contribution in [2.24, 2.45) is 5.73 Å². The number of nitrogens with two attached hydrogens (primary N) is 1. The summed E-state index contributed by atoms with van der Waals surface area (Å²) in [6.07, 6.45) is 0.0313. The number of hydrogen-bond donors (Lipinski definition) is 1. The molecule has 1 atom stereocenters. The van der Waals surface area contributed by atoms with E-state index < -0.39 is 6.04 Å². The third-order valence-corrected chi connectivity index (χ3v) is 4.95. The van der Waals surface area contributed by atoms with Gasteiger partial charge in [0.15, 0.2) is 0 Å². The van der Waals surface area contributed by atoms with Crippen molar-refractivity contribution in [3.05, 3.63) is 71.0 Å². The Bertz CT molecular complexity index is 821. The molecule has 2 aromatic carbocycles. The molecule has 1 aliphatic heterocycles. The van der Waals surface area contributed by atoms with Crippen LogP contribution in [0, 0.1) is 12.7 Å². The summed E-state index contributed by atoms with van der Waals surface area (Å²) < 4.78 is 13.7. The van der Waals surface area contributed by atoms with Crippen molar-refractivity contribution in [3.8, 4) is 0 Å². The van der Waals surface area contributed by atoms with Crippen LogP contribution in [0.15, 0.2) is 48.5 Å². The van der Waals surface area contributed by atoms with Crippen LogP contribution in [-0.2, 0) is 16.0 Å². The maximum atomic E-state index is 13.7. The van der Waals surface area contributed by atoms with Gasteiger partial charge in [-0.1, -0.05) is 48.0 Å². The number of hydrogen-bond acceptors (Lipinski definition) is 3. The number of aryl methyl sites for hydroxylation is 1. The molecule has 5 nitrogen and oxygen atoms in total. The summed E-state index contributed by atoms with van der Waals surface area (Å²) in [4.78, 5) is 28.4. The molecule has 150 valence electrons. The van der Waals surface area contributed by atoms with E-state index in [1.165, 1.54) is 6.07 Å². The Balaban J connectivity index is 0.00000280. The number of benzene rings is 2. The highest BCUT2D eigenvalue weighted by Gasteiger charge is 2.28. The average Bonchev–Trinajstić information content (AvgIpc) is 2.69. The fourth-order valence-corrected chi connectivity index (χ4v) is 3.21. The lowest BCUT2D eigenvalue weighted by molar-refractivity contribution is -0.140. The van der Waals surface area contributed by atoms with Crippen molar-refractivity contribution in [2.75, 3.05) is 26.2 Å². The van der Waals surface area contributed by atoms with E-state index in [2.05, 4.69) is 0 Å². The first-order chi connectivity index (χ1) is 13.0. The van der Waals surface area contributed by atoms with Crippen LogP contribution in [0.25, 0.3) is 0 Å². The van der Waals surface area contributed by atoms with Crippen LogP contribution in [0.1, 0.15) is 22.7 Å². The molecule has 1 saturated heterocycles. The van der Waals surface area contributed by atoms with E-state index in [-0.39, 0.29) is 36.5 Å². The van der Waals surface area contributed by atoms with E-state index in [1.807, 2.05) is 31.2 Å². The molecule has 2 amide bonds. The van der Waals surface area contributed by atoms with Gasteiger partial charge in [-0.15, -0.1) is 12.4 Å². The SMILES string of the molecule is Cc1ccc(C(N)C(=O)N2CCN(C(=O)Cc3ccccc3F)CC2)cc1.Cl. The molecule has 3 rings (SSSR count). The second kappa shape index (κ2) is 9.66. The normalized spacial score (nSPS) is 15.0. The maximum Gasteiger partial charge on any atom is 0.244 e. The molecule has 0 bridgehead atoms. The minimum Gasteiger partial charge on any atom is -0.339 e. The van der Waals surface area contributed by atoms with Gasteiger partial charge >= 0.3 is 0 Å². The summed E-state index contributed by atoms with van der Waals surface area (Å²) in [7, 11) is 0. The zero-order valence-electron chi connectivity index (χ0n) is 15.8. The molecule has 1 aliphatic rings. The summed E-state index contributed by atoms with van der Waals surface area (Å²) in [6, 6.07) is 13.2. The van der Waals surface area contributed by atoms with E-state index in [0.717, 1.165) is 11.1 Å². The van der Waals surface area contributed by atoms with Gasteiger partial charge in [-0.2, -0.15) is 0 Å². The first-order valence-corrected chi connectivity index (χ1v) is 9.08. The molecule has 1 fully saturated rings. The minimum atomic E-state index is -0.703. The number of halogens is 2. The summed E-state index contributed by atoms with van der Waals surface area (Å²) >= 11 is 0. The second-order valence-electron chi connectivity index (χ2n) is 6.86.